The lowest BCUT2D eigenvalue weighted by atomic mass is 10.1. The van der Waals surface area contributed by atoms with Crippen LogP contribution in [0.3, 0.4) is 0 Å². The maximum absolute atomic E-state index is 11.7. The van der Waals surface area contributed by atoms with Crippen LogP contribution < -0.4 is 9.47 Å². The van der Waals surface area contributed by atoms with Gasteiger partial charge in [0.15, 0.2) is 5.75 Å². The Hall–Kier alpha value is -0.750. The highest BCUT2D eigenvalue weighted by Crippen LogP contribution is 2.39. The fourth-order valence-electron chi connectivity index (χ4n) is 1.41. The maximum atomic E-state index is 11.7. The van der Waals surface area contributed by atoms with Crippen molar-refractivity contribution in [2.75, 3.05) is 21.3 Å². The molecule has 0 radical (unpaired) electrons. The highest BCUT2D eigenvalue weighted by Gasteiger charge is 2.23. The summed E-state index contributed by atoms with van der Waals surface area (Å²) >= 11 is 6.75. The fraction of sp³-hybridized carbons (Fsp3) is 0.364. The van der Waals surface area contributed by atoms with E-state index in [0.29, 0.717) is 21.3 Å². The second kappa shape index (κ2) is 6.26. The third-order valence-corrected chi connectivity index (χ3v) is 3.69. The molecule has 0 aromatic heterocycles. The first-order valence-corrected chi connectivity index (χ1v) is 6.59. The number of methoxy groups -OCH3 is 3. The zero-order valence-corrected chi connectivity index (χ0v) is 12.8. The maximum Gasteiger partial charge on any atom is 0.345 e. The standard InChI is InChI=1S/C11H12Br2O4/c1-15-7-4-6(5-12)9(13)10(16-2)8(7)11(14)17-3/h4H,5H2,1-3H3. The third kappa shape index (κ3) is 2.74. The van der Waals surface area contributed by atoms with E-state index in [4.69, 9.17) is 14.2 Å². The highest BCUT2D eigenvalue weighted by molar-refractivity contribution is 9.11. The van der Waals surface area contributed by atoms with E-state index >= 15 is 0 Å². The largest absolute Gasteiger partial charge is 0.496 e. The molecule has 0 unspecified atom stereocenters. The van der Waals surface area contributed by atoms with Crippen LogP contribution in [0.1, 0.15) is 15.9 Å². The van der Waals surface area contributed by atoms with Gasteiger partial charge in [0.2, 0.25) is 0 Å². The average Bonchev–Trinajstić information content (AvgIpc) is 2.37. The Bertz CT molecular complexity index is 432. The van der Waals surface area contributed by atoms with Gasteiger partial charge in [0.1, 0.15) is 11.3 Å². The molecule has 1 rings (SSSR count). The summed E-state index contributed by atoms with van der Waals surface area (Å²) in [6, 6.07) is 1.76. The zero-order chi connectivity index (χ0) is 13.0. The molecule has 0 aliphatic rings. The first-order chi connectivity index (χ1) is 8.10. The quantitative estimate of drug-likeness (QED) is 0.605. The summed E-state index contributed by atoms with van der Waals surface area (Å²) in [5.74, 6) is 0.331. The second-order valence-electron chi connectivity index (χ2n) is 3.09. The molecule has 17 heavy (non-hydrogen) atoms. The van der Waals surface area contributed by atoms with Crippen LogP contribution in [0.4, 0.5) is 0 Å². The summed E-state index contributed by atoms with van der Waals surface area (Å²) in [6.45, 7) is 0. The van der Waals surface area contributed by atoms with Gasteiger partial charge in [-0.1, -0.05) is 15.9 Å². The van der Waals surface area contributed by atoms with Crippen LogP contribution in [0, 0.1) is 0 Å². The van der Waals surface area contributed by atoms with Crippen LogP contribution >= 0.6 is 31.9 Å². The van der Waals surface area contributed by atoms with Gasteiger partial charge in [-0.3, -0.25) is 0 Å². The molecule has 0 atom stereocenters. The van der Waals surface area contributed by atoms with Crippen molar-refractivity contribution < 1.29 is 19.0 Å². The number of benzene rings is 1. The Morgan fingerprint density at radius 3 is 2.35 bits per heavy atom. The minimum Gasteiger partial charge on any atom is -0.496 e. The number of carbonyl (C=O) groups excluding carboxylic acids is 1. The van der Waals surface area contributed by atoms with Crippen molar-refractivity contribution >= 4 is 37.8 Å². The van der Waals surface area contributed by atoms with Gasteiger partial charge in [-0.15, -0.1) is 0 Å². The number of carbonyl (C=O) groups is 1. The van der Waals surface area contributed by atoms with Gasteiger partial charge in [-0.05, 0) is 27.6 Å². The van der Waals surface area contributed by atoms with E-state index in [1.807, 2.05) is 0 Å². The van der Waals surface area contributed by atoms with E-state index in [0.717, 1.165) is 5.56 Å². The van der Waals surface area contributed by atoms with Crippen LogP contribution in [-0.4, -0.2) is 27.3 Å². The Morgan fingerprint density at radius 1 is 1.29 bits per heavy atom. The number of hydrogen-bond acceptors (Lipinski definition) is 4. The number of hydrogen-bond donors (Lipinski definition) is 0. The third-order valence-electron chi connectivity index (χ3n) is 2.22. The molecule has 0 amide bonds. The predicted octanol–water partition coefficient (Wildman–Crippen LogP) is 3.15. The molecule has 0 saturated carbocycles. The number of alkyl halides is 1. The Balaban J connectivity index is 3.54. The molecule has 94 valence electrons. The Kier molecular flexibility index (Phi) is 5.27. The predicted molar refractivity (Wildman–Crippen MR) is 71.2 cm³/mol. The van der Waals surface area contributed by atoms with E-state index < -0.39 is 5.97 Å². The lowest BCUT2D eigenvalue weighted by Gasteiger charge is -2.15. The van der Waals surface area contributed by atoms with E-state index in [1.54, 1.807) is 6.07 Å². The number of ether oxygens (including phenoxy) is 3. The van der Waals surface area contributed by atoms with E-state index in [9.17, 15) is 4.79 Å². The number of rotatable bonds is 4. The normalized spacial score (nSPS) is 9.94. The van der Waals surface area contributed by atoms with Crippen molar-refractivity contribution in [2.24, 2.45) is 0 Å². The summed E-state index contributed by atoms with van der Waals surface area (Å²) in [4.78, 5) is 11.7. The Morgan fingerprint density at radius 2 is 1.94 bits per heavy atom. The van der Waals surface area contributed by atoms with Crippen LogP contribution in [0.15, 0.2) is 10.5 Å². The van der Waals surface area contributed by atoms with Gasteiger partial charge < -0.3 is 14.2 Å². The molecule has 4 nitrogen and oxygen atoms in total. The van der Waals surface area contributed by atoms with E-state index in [-0.39, 0.29) is 5.56 Å². The molecule has 1 aromatic rings. The topological polar surface area (TPSA) is 44.8 Å². The molecule has 6 heteroatoms. The molecular formula is C11H12Br2O4. The van der Waals surface area contributed by atoms with Crippen molar-refractivity contribution in [1.29, 1.82) is 0 Å². The second-order valence-corrected chi connectivity index (χ2v) is 4.44. The van der Waals surface area contributed by atoms with Crippen molar-refractivity contribution in [3.8, 4) is 11.5 Å². The molecule has 0 spiro atoms. The zero-order valence-electron chi connectivity index (χ0n) is 9.67. The van der Waals surface area contributed by atoms with Crippen molar-refractivity contribution in [3.05, 3.63) is 21.7 Å². The Labute approximate surface area is 116 Å². The lowest BCUT2D eigenvalue weighted by molar-refractivity contribution is 0.0593. The van der Waals surface area contributed by atoms with Gasteiger partial charge in [0.25, 0.3) is 0 Å². The highest BCUT2D eigenvalue weighted by atomic mass is 79.9. The van der Waals surface area contributed by atoms with Crippen molar-refractivity contribution in [3.63, 3.8) is 0 Å². The van der Waals surface area contributed by atoms with Gasteiger partial charge in [0, 0.05) is 5.33 Å². The summed E-state index contributed by atoms with van der Waals surface area (Å²) in [7, 11) is 4.30. The SMILES string of the molecule is COC(=O)c1c(OC)cc(CBr)c(Br)c1OC. The fourth-order valence-corrected chi connectivity index (χ4v) is 2.84. The van der Waals surface area contributed by atoms with Gasteiger partial charge in [-0.25, -0.2) is 4.79 Å². The first-order valence-electron chi connectivity index (χ1n) is 4.68. The summed E-state index contributed by atoms with van der Waals surface area (Å²) in [5, 5.41) is 0.613. The van der Waals surface area contributed by atoms with Gasteiger partial charge in [-0.2, -0.15) is 0 Å². The van der Waals surface area contributed by atoms with Crippen molar-refractivity contribution in [2.45, 2.75) is 5.33 Å². The average molecular weight is 368 g/mol. The van der Waals surface area contributed by atoms with E-state index in [1.165, 1.54) is 21.3 Å². The van der Waals surface area contributed by atoms with Crippen LogP contribution in [-0.2, 0) is 10.1 Å². The minimum atomic E-state index is -0.500. The molecule has 0 heterocycles. The van der Waals surface area contributed by atoms with Crippen LogP contribution in [0.5, 0.6) is 11.5 Å². The van der Waals surface area contributed by atoms with Gasteiger partial charge in [0.05, 0.1) is 25.8 Å². The summed E-state index contributed by atoms with van der Waals surface area (Å²) < 4.78 is 15.8. The lowest BCUT2D eigenvalue weighted by Crippen LogP contribution is -2.08. The van der Waals surface area contributed by atoms with Crippen LogP contribution in [0.25, 0.3) is 0 Å². The molecule has 0 bridgehead atoms. The smallest absolute Gasteiger partial charge is 0.345 e. The molecule has 0 aliphatic carbocycles. The molecule has 0 aliphatic heterocycles. The molecule has 0 fully saturated rings. The molecule has 0 saturated heterocycles. The number of esters is 1. The first kappa shape index (κ1) is 14.3. The molecular weight excluding hydrogens is 356 g/mol. The minimum absolute atomic E-state index is 0.272. The molecule has 0 N–H and O–H groups in total. The number of halogens is 2. The molecule has 1 aromatic carbocycles. The summed E-state index contributed by atoms with van der Waals surface area (Å²) in [5.41, 5.74) is 1.19. The van der Waals surface area contributed by atoms with E-state index in [2.05, 4.69) is 31.9 Å². The summed E-state index contributed by atoms with van der Waals surface area (Å²) in [6.07, 6.45) is 0. The monoisotopic (exact) mass is 366 g/mol. The van der Waals surface area contributed by atoms with Crippen LogP contribution in [0.2, 0.25) is 0 Å². The van der Waals surface area contributed by atoms with Gasteiger partial charge >= 0.3 is 5.97 Å². The van der Waals surface area contributed by atoms with Crippen molar-refractivity contribution in [1.82, 2.24) is 0 Å².